The van der Waals surface area contributed by atoms with Crippen molar-refractivity contribution < 1.29 is 4.79 Å². The predicted octanol–water partition coefficient (Wildman–Crippen LogP) is 3.24. The van der Waals surface area contributed by atoms with E-state index in [1.807, 2.05) is 42.2 Å². The van der Waals surface area contributed by atoms with Gasteiger partial charge in [-0.3, -0.25) is 4.79 Å². The molecule has 18 heavy (non-hydrogen) atoms. The zero-order valence-corrected chi connectivity index (χ0v) is 12.8. The lowest BCUT2D eigenvalue weighted by Crippen LogP contribution is -2.45. The van der Waals surface area contributed by atoms with Gasteiger partial charge < -0.3 is 4.90 Å². The number of nitrogens with zero attached hydrogens (tertiary/aromatic N) is 2. The molecule has 0 radical (unpaired) electrons. The summed E-state index contributed by atoms with van der Waals surface area (Å²) in [6.07, 6.45) is 2.69. The van der Waals surface area contributed by atoms with Crippen molar-refractivity contribution in [1.29, 1.82) is 0 Å². The Morgan fingerprint density at radius 1 is 1.33 bits per heavy atom. The van der Waals surface area contributed by atoms with Crippen molar-refractivity contribution in [3.8, 4) is 0 Å². The van der Waals surface area contributed by atoms with Crippen LogP contribution in [-0.2, 0) is 4.79 Å². The Bertz CT molecular complexity index is 388. The Morgan fingerprint density at radius 2 is 1.94 bits per heavy atom. The highest BCUT2D eigenvalue weighted by Gasteiger charge is 2.27. The zero-order valence-electron chi connectivity index (χ0n) is 10.7. The van der Waals surface area contributed by atoms with Gasteiger partial charge in [-0.15, -0.1) is 0 Å². The van der Waals surface area contributed by atoms with E-state index in [9.17, 15) is 4.79 Å². The van der Waals surface area contributed by atoms with Gasteiger partial charge in [0.25, 0.3) is 0 Å². The summed E-state index contributed by atoms with van der Waals surface area (Å²) in [5.74, 6) is 0.230. The first-order valence-corrected chi connectivity index (χ1v) is 7.46. The molecule has 1 fully saturated rings. The lowest BCUT2D eigenvalue weighted by molar-refractivity contribution is -0.118. The van der Waals surface area contributed by atoms with Crippen LogP contribution in [0.25, 0.3) is 0 Å². The van der Waals surface area contributed by atoms with Crippen LogP contribution in [0.4, 0.5) is 5.69 Å². The van der Waals surface area contributed by atoms with E-state index < -0.39 is 0 Å². The van der Waals surface area contributed by atoms with Crippen LogP contribution in [0, 0.1) is 0 Å². The summed E-state index contributed by atoms with van der Waals surface area (Å²) in [6.45, 7) is 4.06. The van der Waals surface area contributed by atoms with Crippen molar-refractivity contribution >= 4 is 34.5 Å². The van der Waals surface area contributed by atoms with Crippen molar-refractivity contribution in [2.45, 2.75) is 32.2 Å². The monoisotopic (exact) mass is 358 g/mol. The van der Waals surface area contributed by atoms with E-state index in [4.69, 9.17) is 0 Å². The average molecular weight is 358 g/mol. The molecular formula is C14H19IN2O. The molecular weight excluding hydrogens is 339 g/mol. The Hall–Kier alpha value is -0.620. The van der Waals surface area contributed by atoms with E-state index in [0.29, 0.717) is 12.5 Å². The van der Waals surface area contributed by atoms with E-state index in [1.165, 1.54) is 0 Å². The molecule has 1 aliphatic rings. The van der Waals surface area contributed by atoms with Crippen molar-refractivity contribution in [2.75, 3.05) is 18.0 Å². The van der Waals surface area contributed by atoms with Gasteiger partial charge >= 0.3 is 0 Å². The van der Waals surface area contributed by atoms with Gasteiger partial charge in [0, 0.05) is 54.1 Å². The number of halogens is 1. The van der Waals surface area contributed by atoms with E-state index >= 15 is 0 Å². The molecule has 0 atom stereocenters. The lowest BCUT2D eigenvalue weighted by Gasteiger charge is -2.36. The van der Waals surface area contributed by atoms with Gasteiger partial charge in [-0.2, -0.15) is 0 Å². The third kappa shape index (κ3) is 3.23. The van der Waals surface area contributed by atoms with Crippen LogP contribution < -0.4 is 4.90 Å². The van der Waals surface area contributed by atoms with Crippen LogP contribution in [-0.4, -0.2) is 28.2 Å². The predicted molar refractivity (Wildman–Crippen MR) is 82.8 cm³/mol. The maximum absolute atomic E-state index is 12.2. The van der Waals surface area contributed by atoms with Crippen LogP contribution in [0.5, 0.6) is 0 Å². The summed E-state index contributed by atoms with van der Waals surface area (Å²) >= 11 is 2.36. The molecule has 0 aromatic heterocycles. The van der Waals surface area contributed by atoms with Crippen LogP contribution >= 0.6 is 22.9 Å². The van der Waals surface area contributed by atoms with E-state index in [2.05, 4.69) is 26.0 Å². The molecule has 0 spiro atoms. The number of rotatable bonds is 3. The first-order valence-electron chi connectivity index (χ1n) is 6.50. The number of hydrogen-bond acceptors (Lipinski definition) is 2. The maximum Gasteiger partial charge on any atom is 0.226 e. The normalized spacial score (nSPS) is 17.7. The molecule has 1 saturated heterocycles. The second kappa shape index (κ2) is 6.52. The molecule has 2 rings (SSSR count). The van der Waals surface area contributed by atoms with Gasteiger partial charge in [0.15, 0.2) is 0 Å². The number of carbonyl (C=O) groups is 1. The largest absolute Gasteiger partial charge is 0.309 e. The Labute approximate surface area is 123 Å². The summed E-state index contributed by atoms with van der Waals surface area (Å²) < 4.78 is 2.30. The number of carbonyl (C=O) groups excluding carboxylic acids is 1. The van der Waals surface area contributed by atoms with Gasteiger partial charge in [0.1, 0.15) is 0 Å². The number of anilines is 1. The fraction of sp³-hybridized carbons (Fsp3) is 0.500. The third-order valence-corrected chi connectivity index (χ3v) is 4.35. The third-order valence-electron chi connectivity index (χ3n) is 3.38. The zero-order chi connectivity index (χ0) is 13.0. The highest BCUT2D eigenvalue weighted by atomic mass is 127. The minimum atomic E-state index is 0.230. The van der Waals surface area contributed by atoms with E-state index in [-0.39, 0.29) is 5.91 Å². The van der Waals surface area contributed by atoms with Crippen LogP contribution in [0.1, 0.15) is 26.2 Å². The standard InChI is InChI=1S/C14H19IN2O/c1-2-14(18)17(12-6-4-3-5-7-12)13-8-10-16(15)11-9-13/h3-7,13H,2,8-11H2,1H3. The van der Waals surface area contributed by atoms with E-state index in [0.717, 1.165) is 31.6 Å². The van der Waals surface area contributed by atoms with E-state index in [1.54, 1.807) is 0 Å². The summed E-state index contributed by atoms with van der Waals surface area (Å²) in [5, 5.41) is 0. The highest BCUT2D eigenvalue weighted by molar-refractivity contribution is 14.1. The van der Waals surface area contributed by atoms with Crippen molar-refractivity contribution in [2.24, 2.45) is 0 Å². The van der Waals surface area contributed by atoms with Crippen LogP contribution in [0.15, 0.2) is 30.3 Å². The van der Waals surface area contributed by atoms with Crippen molar-refractivity contribution in [1.82, 2.24) is 3.11 Å². The van der Waals surface area contributed by atoms with Crippen molar-refractivity contribution in [3.63, 3.8) is 0 Å². The number of benzene rings is 1. The first-order chi connectivity index (χ1) is 8.72. The molecule has 1 amide bonds. The Balaban J connectivity index is 2.18. The molecule has 3 nitrogen and oxygen atoms in total. The van der Waals surface area contributed by atoms with Crippen LogP contribution in [0.2, 0.25) is 0 Å². The number of para-hydroxylation sites is 1. The van der Waals surface area contributed by atoms with Gasteiger partial charge in [-0.05, 0) is 25.0 Å². The molecule has 1 aliphatic heterocycles. The summed E-state index contributed by atoms with van der Waals surface area (Å²) in [5.41, 5.74) is 1.04. The lowest BCUT2D eigenvalue weighted by atomic mass is 10.0. The van der Waals surface area contributed by atoms with Gasteiger partial charge in [-0.1, -0.05) is 25.1 Å². The van der Waals surface area contributed by atoms with Crippen LogP contribution in [0.3, 0.4) is 0 Å². The average Bonchev–Trinajstić information content (AvgIpc) is 2.42. The summed E-state index contributed by atoms with van der Waals surface area (Å²) in [6, 6.07) is 10.4. The quantitative estimate of drug-likeness (QED) is 0.612. The number of amides is 1. The molecule has 0 aliphatic carbocycles. The van der Waals surface area contributed by atoms with Gasteiger partial charge in [0.2, 0.25) is 5.91 Å². The molecule has 98 valence electrons. The smallest absolute Gasteiger partial charge is 0.226 e. The fourth-order valence-electron chi connectivity index (χ4n) is 2.41. The minimum Gasteiger partial charge on any atom is -0.309 e. The molecule has 1 aromatic carbocycles. The first kappa shape index (κ1) is 13.8. The number of piperidine rings is 1. The fourth-order valence-corrected chi connectivity index (χ4v) is 2.97. The molecule has 0 bridgehead atoms. The summed E-state index contributed by atoms with van der Waals surface area (Å²) in [7, 11) is 0. The second-order valence-corrected chi connectivity index (χ2v) is 5.96. The number of hydrogen-bond donors (Lipinski definition) is 0. The minimum absolute atomic E-state index is 0.230. The SMILES string of the molecule is CCC(=O)N(c1ccccc1)C1CCN(I)CC1. The molecule has 1 aromatic rings. The van der Waals surface area contributed by atoms with Gasteiger partial charge in [0.05, 0.1) is 0 Å². The maximum atomic E-state index is 12.2. The summed E-state index contributed by atoms with van der Waals surface area (Å²) in [4.78, 5) is 14.2. The molecule has 0 unspecified atom stereocenters. The Morgan fingerprint density at radius 3 is 2.50 bits per heavy atom. The highest BCUT2D eigenvalue weighted by Crippen LogP contribution is 2.25. The van der Waals surface area contributed by atoms with Gasteiger partial charge in [-0.25, -0.2) is 3.11 Å². The molecule has 1 heterocycles. The second-order valence-electron chi connectivity index (χ2n) is 4.59. The molecule has 4 heteroatoms. The Kier molecular flexibility index (Phi) is 5.00. The molecule has 0 N–H and O–H groups in total. The topological polar surface area (TPSA) is 23.6 Å². The van der Waals surface area contributed by atoms with Crippen molar-refractivity contribution in [3.05, 3.63) is 30.3 Å². The molecule has 0 saturated carbocycles.